The van der Waals surface area contributed by atoms with E-state index in [0.717, 1.165) is 19.1 Å². The molecule has 1 unspecified atom stereocenters. The van der Waals surface area contributed by atoms with E-state index in [1.54, 1.807) is 14.0 Å². The van der Waals surface area contributed by atoms with Gasteiger partial charge < -0.3 is 25.3 Å². The second kappa shape index (κ2) is 9.24. The third-order valence-corrected chi connectivity index (χ3v) is 8.63. The average molecular weight is 520 g/mol. The van der Waals surface area contributed by atoms with Crippen molar-refractivity contribution in [3.63, 3.8) is 0 Å². The SMILES string of the molecule is COC[C@@]12SC(N)=N[C@](C)(c3cc(NC(=O)c4cnc(OCC5CCO5)cn4)cc(F)c3F)[C@@H]1[C@@H]2C. The summed E-state index contributed by atoms with van der Waals surface area (Å²) in [6.07, 6.45) is 3.54. The van der Waals surface area contributed by atoms with Crippen LogP contribution in [0.15, 0.2) is 29.5 Å². The van der Waals surface area contributed by atoms with Gasteiger partial charge in [-0.15, -0.1) is 0 Å². The third-order valence-electron chi connectivity index (χ3n) is 7.20. The number of ether oxygens (including phenoxy) is 3. The summed E-state index contributed by atoms with van der Waals surface area (Å²) in [6.45, 7) is 5.24. The lowest BCUT2D eigenvalue weighted by molar-refractivity contribution is -0.0727. The maximum absolute atomic E-state index is 15.2. The number of methoxy groups -OCH3 is 1. The molecule has 5 rings (SSSR count). The number of nitrogens with one attached hydrogen (secondary N) is 1. The number of hydrogen-bond acceptors (Lipinski definition) is 9. The lowest BCUT2D eigenvalue weighted by Gasteiger charge is -2.34. The second-order valence-corrected chi connectivity index (χ2v) is 10.8. The molecule has 1 aliphatic carbocycles. The van der Waals surface area contributed by atoms with Crippen LogP contribution < -0.4 is 15.8 Å². The molecule has 36 heavy (non-hydrogen) atoms. The Morgan fingerprint density at radius 3 is 2.75 bits per heavy atom. The van der Waals surface area contributed by atoms with E-state index in [1.807, 2.05) is 6.92 Å². The fourth-order valence-electron chi connectivity index (χ4n) is 5.27. The minimum Gasteiger partial charge on any atom is -0.474 e. The summed E-state index contributed by atoms with van der Waals surface area (Å²) in [5.74, 6) is -2.53. The van der Waals surface area contributed by atoms with Crippen LogP contribution in [0, 0.1) is 23.5 Å². The number of aliphatic imine (C=N–C) groups is 1. The lowest BCUT2D eigenvalue weighted by Crippen LogP contribution is -2.38. The van der Waals surface area contributed by atoms with E-state index in [2.05, 4.69) is 20.3 Å². The van der Waals surface area contributed by atoms with Gasteiger partial charge in [0, 0.05) is 43.4 Å². The Hall–Kier alpha value is -2.83. The summed E-state index contributed by atoms with van der Waals surface area (Å²) in [4.78, 5) is 25.5. The predicted molar refractivity (Wildman–Crippen MR) is 130 cm³/mol. The van der Waals surface area contributed by atoms with Crippen molar-refractivity contribution in [1.82, 2.24) is 9.97 Å². The summed E-state index contributed by atoms with van der Waals surface area (Å²) in [5.41, 5.74) is 5.06. The van der Waals surface area contributed by atoms with E-state index >= 15 is 4.39 Å². The van der Waals surface area contributed by atoms with Crippen molar-refractivity contribution >= 4 is 28.5 Å². The van der Waals surface area contributed by atoms with E-state index in [4.69, 9.17) is 19.9 Å². The monoisotopic (exact) mass is 519 g/mol. The van der Waals surface area contributed by atoms with E-state index in [9.17, 15) is 9.18 Å². The van der Waals surface area contributed by atoms with Crippen LogP contribution in [-0.2, 0) is 15.0 Å². The molecule has 1 saturated heterocycles. The number of rotatable bonds is 8. The van der Waals surface area contributed by atoms with Gasteiger partial charge in [0.2, 0.25) is 5.88 Å². The third kappa shape index (κ3) is 4.20. The summed E-state index contributed by atoms with van der Waals surface area (Å²) in [5, 5.41) is 2.86. The number of benzene rings is 1. The number of carbonyl (C=O) groups is 1. The van der Waals surface area contributed by atoms with Gasteiger partial charge in [0.1, 0.15) is 12.3 Å². The van der Waals surface area contributed by atoms with Crippen molar-refractivity contribution < 1.29 is 27.8 Å². The molecule has 1 aromatic carbocycles. The molecule has 2 fully saturated rings. The highest BCUT2D eigenvalue weighted by molar-refractivity contribution is 8.15. The molecular weight excluding hydrogens is 492 g/mol. The lowest BCUT2D eigenvalue weighted by atomic mass is 9.84. The molecule has 2 aliphatic heterocycles. The highest BCUT2D eigenvalue weighted by Gasteiger charge is 2.72. The highest BCUT2D eigenvalue weighted by Crippen LogP contribution is 2.69. The minimum atomic E-state index is -1.14. The van der Waals surface area contributed by atoms with Gasteiger partial charge in [-0.1, -0.05) is 18.7 Å². The van der Waals surface area contributed by atoms with E-state index in [1.165, 1.54) is 30.2 Å². The molecule has 9 nitrogen and oxygen atoms in total. The fourth-order valence-corrected chi connectivity index (χ4v) is 6.88. The molecule has 3 N–H and O–H groups in total. The minimum absolute atomic E-state index is 0.00834. The van der Waals surface area contributed by atoms with Gasteiger partial charge in [0.15, 0.2) is 16.8 Å². The van der Waals surface area contributed by atoms with E-state index < -0.39 is 23.1 Å². The molecule has 3 aliphatic rings. The standard InChI is InChI=1S/C24H27F2N5O4S/c1-12-20-23(2,31-22(27)36-24(12,20)11-33-3)15-6-13(7-16(25)19(15)26)30-21(32)17-8-29-18(9-28-17)35-10-14-4-5-34-14/h6-9,12,14,20H,4-5,10-11H2,1-3H3,(H2,27,31)(H,30,32)/t12-,14?,20-,23+,24-/m0/s1. The molecule has 0 bridgehead atoms. The van der Waals surface area contributed by atoms with Crippen molar-refractivity contribution in [3.05, 3.63) is 47.4 Å². The Morgan fingerprint density at radius 2 is 2.11 bits per heavy atom. The summed E-state index contributed by atoms with van der Waals surface area (Å²) < 4.78 is 45.7. The van der Waals surface area contributed by atoms with Gasteiger partial charge in [-0.2, -0.15) is 0 Å². The molecular formula is C24H27F2N5O4S. The number of carbonyl (C=O) groups excluding carboxylic acids is 1. The van der Waals surface area contributed by atoms with Crippen LogP contribution in [0.4, 0.5) is 14.5 Å². The Balaban J connectivity index is 1.37. The number of fused-ring (bicyclic) bond motifs is 1. The predicted octanol–water partition coefficient (Wildman–Crippen LogP) is 3.10. The zero-order valence-electron chi connectivity index (χ0n) is 20.1. The number of thioether (sulfide) groups is 1. The van der Waals surface area contributed by atoms with Crippen LogP contribution in [0.25, 0.3) is 0 Å². The molecule has 192 valence electrons. The van der Waals surface area contributed by atoms with Gasteiger partial charge in [0.25, 0.3) is 5.91 Å². The maximum Gasteiger partial charge on any atom is 0.275 e. The van der Waals surface area contributed by atoms with E-state index in [0.29, 0.717) is 13.2 Å². The van der Waals surface area contributed by atoms with Gasteiger partial charge >= 0.3 is 0 Å². The van der Waals surface area contributed by atoms with Crippen molar-refractivity contribution in [2.45, 2.75) is 36.7 Å². The quantitative estimate of drug-likeness (QED) is 0.546. The van der Waals surface area contributed by atoms with Crippen LogP contribution in [0.5, 0.6) is 5.88 Å². The first-order valence-electron chi connectivity index (χ1n) is 11.6. The smallest absolute Gasteiger partial charge is 0.275 e. The molecule has 1 amide bonds. The molecule has 1 aromatic heterocycles. The summed E-state index contributed by atoms with van der Waals surface area (Å²) in [6, 6.07) is 2.32. The largest absolute Gasteiger partial charge is 0.474 e. The van der Waals surface area contributed by atoms with Gasteiger partial charge in [-0.05, 0) is 18.9 Å². The first kappa shape index (κ1) is 24.8. The molecule has 5 atom stereocenters. The van der Waals surface area contributed by atoms with Crippen LogP contribution in [0.3, 0.4) is 0 Å². The Bertz CT molecular complexity index is 1210. The van der Waals surface area contributed by atoms with Crippen LogP contribution in [-0.4, -0.2) is 58.8 Å². The molecule has 0 spiro atoms. The normalized spacial score (nSPS) is 30.6. The second-order valence-electron chi connectivity index (χ2n) is 9.46. The van der Waals surface area contributed by atoms with E-state index in [-0.39, 0.29) is 50.7 Å². The number of aromatic nitrogens is 2. The maximum atomic E-state index is 15.2. The highest BCUT2D eigenvalue weighted by atomic mass is 32.2. The van der Waals surface area contributed by atoms with Crippen molar-refractivity contribution in [2.75, 3.05) is 32.2 Å². The van der Waals surface area contributed by atoms with Gasteiger partial charge in [-0.25, -0.2) is 18.7 Å². The molecule has 3 heterocycles. The van der Waals surface area contributed by atoms with Gasteiger partial charge in [-0.3, -0.25) is 9.79 Å². The van der Waals surface area contributed by atoms with Crippen molar-refractivity contribution in [2.24, 2.45) is 22.6 Å². The number of amides is 1. The van der Waals surface area contributed by atoms with Crippen LogP contribution in [0.1, 0.15) is 36.3 Å². The Kier molecular flexibility index (Phi) is 6.38. The molecule has 12 heteroatoms. The number of anilines is 1. The van der Waals surface area contributed by atoms with Crippen molar-refractivity contribution in [3.8, 4) is 5.88 Å². The first-order valence-corrected chi connectivity index (χ1v) is 12.4. The number of amidine groups is 1. The molecule has 1 saturated carbocycles. The zero-order valence-corrected chi connectivity index (χ0v) is 20.9. The average Bonchev–Trinajstić information content (AvgIpc) is 3.39. The van der Waals surface area contributed by atoms with Crippen LogP contribution in [0.2, 0.25) is 0 Å². The topological polar surface area (TPSA) is 121 Å². The number of hydrogen-bond donors (Lipinski definition) is 2. The summed E-state index contributed by atoms with van der Waals surface area (Å²) in [7, 11) is 1.59. The molecule has 2 aromatic rings. The van der Waals surface area contributed by atoms with Crippen molar-refractivity contribution in [1.29, 1.82) is 0 Å². The number of nitrogens with two attached hydrogens (primary N) is 1. The molecule has 0 radical (unpaired) electrons. The number of nitrogens with zero attached hydrogens (tertiary/aromatic N) is 3. The van der Waals surface area contributed by atoms with Gasteiger partial charge in [0.05, 0.1) is 35.4 Å². The summed E-state index contributed by atoms with van der Waals surface area (Å²) >= 11 is 1.41. The number of halogens is 2. The van der Waals surface area contributed by atoms with Crippen LogP contribution >= 0.6 is 11.8 Å². The Labute approximate surface area is 211 Å². The Morgan fingerprint density at radius 1 is 1.33 bits per heavy atom. The fraction of sp³-hybridized carbons (Fsp3) is 0.500. The first-order chi connectivity index (χ1) is 17.2. The zero-order chi connectivity index (χ0) is 25.7.